The molecule has 2 aromatic heterocycles. The van der Waals surface area contributed by atoms with Crippen LogP contribution in [-0.4, -0.2) is 79.8 Å². The summed E-state index contributed by atoms with van der Waals surface area (Å²) in [4.78, 5) is 37.9. The molecule has 1 aliphatic heterocycles. The summed E-state index contributed by atoms with van der Waals surface area (Å²) in [6.45, 7) is 7.72. The van der Waals surface area contributed by atoms with Crippen molar-refractivity contribution >= 4 is 17.9 Å². The van der Waals surface area contributed by atoms with Crippen LogP contribution in [0.2, 0.25) is 0 Å². The number of rotatable bonds is 6. The van der Waals surface area contributed by atoms with E-state index in [-0.39, 0.29) is 0 Å². The maximum Gasteiger partial charge on any atom is 0.490 e. The van der Waals surface area contributed by atoms with Gasteiger partial charge in [-0.3, -0.25) is 14.9 Å². The summed E-state index contributed by atoms with van der Waals surface area (Å²) in [5.41, 5.74) is 5.03. The Labute approximate surface area is 237 Å². The fraction of sp³-hybridized carbons (Fsp3) is 0.375. The Bertz CT molecular complexity index is 1130. The molecule has 0 aromatic carbocycles. The quantitative estimate of drug-likeness (QED) is 0.232. The zero-order valence-electron chi connectivity index (χ0n) is 21.7. The van der Waals surface area contributed by atoms with E-state index in [1.165, 1.54) is 16.7 Å². The summed E-state index contributed by atoms with van der Waals surface area (Å²) in [5.74, 6) is -8.27. The van der Waals surface area contributed by atoms with Crippen molar-refractivity contribution in [3.63, 3.8) is 0 Å². The van der Waals surface area contributed by atoms with Crippen molar-refractivity contribution in [1.82, 2.24) is 14.9 Å². The Morgan fingerprint density at radius 1 is 0.907 bits per heavy atom. The number of carbonyl (C=O) groups is 3. The van der Waals surface area contributed by atoms with Crippen LogP contribution in [0.1, 0.15) is 22.4 Å². The van der Waals surface area contributed by atoms with Gasteiger partial charge in [0.1, 0.15) is 0 Å². The lowest BCUT2D eigenvalue weighted by Gasteiger charge is -2.29. The van der Waals surface area contributed by atoms with Crippen LogP contribution in [-0.2, 0) is 45.2 Å². The van der Waals surface area contributed by atoms with Crippen molar-refractivity contribution in [3.05, 3.63) is 71.8 Å². The molecule has 0 saturated heterocycles. The van der Waals surface area contributed by atoms with Gasteiger partial charge in [0.2, 0.25) is 0 Å². The number of aliphatic carboxylic acids is 3. The summed E-state index contributed by atoms with van der Waals surface area (Å²) in [6, 6.07) is 6.07. The fourth-order valence-electron chi connectivity index (χ4n) is 2.86. The second-order valence-corrected chi connectivity index (χ2v) is 7.93. The molecule has 10 nitrogen and oxygen atoms in total. The van der Waals surface area contributed by atoms with Crippen LogP contribution in [0.15, 0.2) is 49.4 Å². The number of carboxylic acid groups (broad SMARTS) is 3. The fourth-order valence-corrected chi connectivity index (χ4v) is 2.86. The number of ether oxygens (including phenoxy) is 1. The normalized spacial score (nSPS) is 13.0. The molecule has 43 heavy (non-hydrogen) atoms. The summed E-state index contributed by atoms with van der Waals surface area (Å²) in [7, 11) is 0. The van der Waals surface area contributed by atoms with E-state index in [0.29, 0.717) is 13.2 Å². The molecule has 0 aliphatic carbocycles. The smallest absolute Gasteiger partial charge is 0.475 e. The molecule has 3 N–H and O–H groups in total. The first kappa shape index (κ1) is 38.7. The zero-order chi connectivity index (χ0) is 33.4. The Morgan fingerprint density at radius 3 is 1.84 bits per heavy atom. The van der Waals surface area contributed by atoms with E-state index >= 15 is 0 Å². The van der Waals surface area contributed by atoms with E-state index in [4.69, 9.17) is 34.4 Å². The van der Waals surface area contributed by atoms with E-state index in [1.54, 1.807) is 6.08 Å². The molecule has 0 atom stereocenters. The van der Waals surface area contributed by atoms with E-state index < -0.39 is 36.4 Å². The molecule has 0 saturated carbocycles. The highest BCUT2D eigenvalue weighted by molar-refractivity contribution is 5.73. The van der Waals surface area contributed by atoms with Gasteiger partial charge in [-0.2, -0.15) is 39.5 Å². The van der Waals surface area contributed by atoms with Crippen LogP contribution in [0.4, 0.5) is 39.5 Å². The van der Waals surface area contributed by atoms with E-state index in [0.717, 1.165) is 31.7 Å². The number of alkyl halides is 9. The van der Waals surface area contributed by atoms with Crippen LogP contribution in [0.5, 0.6) is 0 Å². The van der Waals surface area contributed by atoms with Gasteiger partial charge in [0.05, 0.1) is 18.9 Å². The van der Waals surface area contributed by atoms with Gasteiger partial charge in [0.25, 0.3) is 0 Å². The minimum Gasteiger partial charge on any atom is -0.475 e. The van der Waals surface area contributed by atoms with Gasteiger partial charge in [0.15, 0.2) is 0 Å². The van der Waals surface area contributed by atoms with Crippen LogP contribution in [0, 0.1) is 0 Å². The molecule has 0 unspecified atom stereocenters. The number of carboxylic acids is 3. The monoisotopic (exact) mass is 637 g/mol. The Balaban J connectivity index is 0.000000690. The van der Waals surface area contributed by atoms with Crippen LogP contribution < -0.4 is 0 Å². The molecule has 0 fully saturated rings. The third-order valence-corrected chi connectivity index (χ3v) is 4.64. The zero-order valence-corrected chi connectivity index (χ0v) is 21.7. The highest BCUT2D eigenvalue weighted by atomic mass is 19.4. The van der Waals surface area contributed by atoms with Crippen molar-refractivity contribution in [2.75, 3.05) is 13.2 Å². The number of nitrogens with zero attached hydrogens (tertiary/aromatic N) is 3. The first-order valence-corrected chi connectivity index (χ1v) is 11.4. The lowest BCUT2D eigenvalue weighted by Crippen LogP contribution is -2.31. The summed E-state index contributed by atoms with van der Waals surface area (Å²) < 4.78 is 101. The minimum absolute atomic E-state index is 0.579. The van der Waals surface area contributed by atoms with Crippen molar-refractivity contribution in [1.29, 1.82) is 0 Å². The molecule has 3 heterocycles. The summed E-state index contributed by atoms with van der Waals surface area (Å²) in [5, 5.41) is 21.4. The first-order valence-electron chi connectivity index (χ1n) is 11.4. The Hall–Kier alpha value is -4.26. The van der Waals surface area contributed by atoms with Crippen LogP contribution >= 0.6 is 0 Å². The second-order valence-electron chi connectivity index (χ2n) is 7.93. The number of hydrogen-bond acceptors (Lipinski definition) is 7. The first-order chi connectivity index (χ1) is 19.7. The molecule has 0 radical (unpaired) electrons. The van der Waals surface area contributed by atoms with Crippen LogP contribution in [0.25, 0.3) is 0 Å². The molecule has 2 aromatic rings. The molecule has 1 aliphatic rings. The molecule has 0 bridgehead atoms. The maximum atomic E-state index is 10.6. The number of pyridine rings is 2. The predicted octanol–water partition coefficient (Wildman–Crippen LogP) is 4.64. The minimum atomic E-state index is -5.08. The lowest BCUT2D eigenvalue weighted by molar-refractivity contribution is -0.193. The molecule has 3 rings (SSSR count). The van der Waals surface area contributed by atoms with E-state index in [2.05, 4.69) is 27.5 Å². The topological polar surface area (TPSA) is 150 Å². The molecule has 240 valence electrons. The highest BCUT2D eigenvalue weighted by Gasteiger charge is 2.39. The third kappa shape index (κ3) is 16.7. The largest absolute Gasteiger partial charge is 0.490 e. The number of aromatic nitrogens is 2. The second kappa shape index (κ2) is 17.6. The van der Waals surface area contributed by atoms with Gasteiger partial charge in [-0.25, -0.2) is 14.4 Å². The molecular formula is C24H24F9N3O7. The van der Waals surface area contributed by atoms with Gasteiger partial charge in [-0.1, -0.05) is 12.1 Å². The molecular weight excluding hydrogens is 613 g/mol. The van der Waals surface area contributed by atoms with E-state index in [1.807, 2.05) is 30.7 Å². The molecule has 19 heteroatoms. The number of fused-ring (bicyclic) bond motifs is 1. The molecule has 0 amide bonds. The average molecular weight is 637 g/mol. The third-order valence-electron chi connectivity index (χ3n) is 4.64. The van der Waals surface area contributed by atoms with E-state index in [9.17, 15) is 39.5 Å². The van der Waals surface area contributed by atoms with Gasteiger partial charge < -0.3 is 20.1 Å². The van der Waals surface area contributed by atoms with Crippen molar-refractivity contribution in [2.45, 2.75) is 44.6 Å². The SMILES string of the molecule is C=CCOCc1cncc2c1CCN(Cc1ccccn1)C2.O=C(O)C(F)(F)F.O=C(O)C(F)(F)F.O=C(O)C(F)(F)F. The van der Waals surface area contributed by atoms with Gasteiger partial charge in [-0.15, -0.1) is 6.58 Å². The predicted molar refractivity (Wildman–Crippen MR) is 127 cm³/mol. The molecule has 0 spiro atoms. The van der Waals surface area contributed by atoms with Crippen molar-refractivity contribution in [3.8, 4) is 0 Å². The Kier molecular flexibility index (Phi) is 15.9. The van der Waals surface area contributed by atoms with Gasteiger partial charge in [0, 0.05) is 38.2 Å². The number of halogens is 9. The standard InChI is InChI=1S/C18H21N3O.3C2HF3O2/c1-2-9-22-14-16-11-19-10-15-12-21(8-6-18(15)16)13-17-5-3-4-7-20-17;3*3-2(4,5)1(6)7/h2-5,7,10-11H,1,6,8-9,12-14H2;3*(H,6,7). The number of hydrogen-bond donors (Lipinski definition) is 3. The Morgan fingerprint density at radius 2 is 1.42 bits per heavy atom. The van der Waals surface area contributed by atoms with Crippen molar-refractivity contribution < 1.29 is 74.0 Å². The summed E-state index contributed by atoms with van der Waals surface area (Å²) >= 11 is 0. The highest BCUT2D eigenvalue weighted by Crippen LogP contribution is 2.23. The van der Waals surface area contributed by atoms with Crippen molar-refractivity contribution in [2.24, 2.45) is 0 Å². The maximum absolute atomic E-state index is 10.6. The van der Waals surface area contributed by atoms with Crippen LogP contribution in [0.3, 0.4) is 0 Å². The summed E-state index contributed by atoms with van der Waals surface area (Å²) in [6.07, 6.45) is -6.67. The average Bonchev–Trinajstić information content (AvgIpc) is 2.89. The lowest BCUT2D eigenvalue weighted by atomic mass is 9.97. The van der Waals surface area contributed by atoms with Gasteiger partial charge in [-0.05, 0) is 35.2 Å². The van der Waals surface area contributed by atoms with Gasteiger partial charge >= 0.3 is 36.4 Å².